The molecule has 100 valence electrons. The summed E-state index contributed by atoms with van der Waals surface area (Å²) in [6, 6.07) is 0. The zero-order valence-electron chi connectivity index (χ0n) is 10.8. The van der Waals surface area contributed by atoms with Crippen molar-refractivity contribution in [3.63, 3.8) is 0 Å². The molecule has 18 heavy (non-hydrogen) atoms. The normalized spacial score (nSPS) is 23.8. The molecule has 1 aromatic rings. The third-order valence-electron chi connectivity index (χ3n) is 3.63. The Balaban J connectivity index is 1.68. The van der Waals surface area contributed by atoms with Crippen LogP contribution in [0, 0.1) is 11.8 Å². The standard InChI is InChI=1S/C13H21N3OS/c1-9-2-4-10(5-3-9)7-15-12(17)6-11-8-18-13(14)16-11/h8-10H,2-7H2,1H3,(H2,14,16)(H,15,17). The minimum absolute atomic E-state index is 0.0546. The Bertz CT molecular complexity index is 397. The van der Waals surface area contributed by atoms with Gasteiger partial charge in [-0.3, -0.25) is 4.79 Å². The highest BCUT2D eigenvalue weighted by Crippen LogP contribution is 2.27. The Hall–Kier alpha value is -1.10. The van der Waals surface area contributed by atoms with Gasteiger partial charge in [-0.2, -0.15) is 0 Å². The van der Waals surface area contributed by atoms with Gasteiger partial charge in [0.25, 0.3) is 0 Å². The van der Waals surface area contributed by atoms with E-state index in [9.17, 15) is 4.79 Å². The summed E-state index contributed by atoms with van der Waals surface area (Å²) in [5, 5.41) is 5.38. The van der Waals surface area contributed by atoms with E-state index in [1.54, 1.807) is 0 Å². The summed E-state index contributed by atoms with van der Waals surface area (Å²) in [4.78, 5) is 15.8. The highest BCUT2D eigenvalue weighted by atomic mass is 32.1. The fraction of sp³-hybridized carbons (Fsp3) is 0.692. The van der Waals surface area contributed by atoms with Crippen molar-refractivity contribution in [1.82, 2.24) is 10.3 Å². The second-order valence-corrected chi connectivity index (χ2v) is 6.17. The maximum atomic E-state index is 11.7. The zero-order chi connectivity index (χ0) is 13.0. The maximum absolute atomic E-state index is 11.7. The molecule has 0 spiro atoms. The zero-order valence-corrected chi connectivity index (χ0v) is 11.6. The van der Waals surface area contributed by atoms with Crippen LogP contribution in [0.4, 0.5) is 5.13 Å². The molecule has 2 rings (SSSR count). The van der Waals surface area contributed by atoms with E-state index < -0.39 is 0 Å². The molecule has 1 aliphatic carbocycles. The lowest BCUT2D eigenvalue weighted by molar-refractivity contribution is -0.120. The lowest BCUT2D eigenvalue weighted by Gasteiger charge is -2.26. The van der Waals surface area contributed by atoms with Crippen molar-refractivity contribution in [2.75, 3.05) is 12.3 Å². The number of carbonyl (C=O) groups is 1. The number of nitrogen functional groups attached to an aromatic ring is 1. The van der Waals surface area contributed by atoms with Crippen LogP contribution in [-0.4, -0.2) is 17.4 Å². The molecule has 0 atom stereocenters. The molecule has 0 bridgehead atoms. The highest BCUT2D eigenvalue weighted by molar-refractivity contribution is 7.13. The summed E-state index contributed by atoms with van der Waals surface area (Å²) in [7, 11) is 0. The van der Waals surface area contributed by atoms with Gasteiger partial charge in [0.2, 0.25) is 5.91 Å². The van der Waals surface area contributed by atoms with E-state index >= 15 is 0 Å². The van der Waals surface area contributed by atoms with Crippen molar-refractivity contribution in [3.8, 4) is 0 Å². The number of hydrogen-bond donors (Lipinski definition) is 2. The smallest absolute Gasteiger partial charge is 0.226 e. The van der Waals surface area contributed by atoms with Gasteiger partial charge in [-0.05, 0) is 24.7 Å². The Kier molecular flexibility index (Phi) is 4.58. The first-order valence-electron chi connectivity index (χ1n) is 6.60. The Morgan fingerprint density at radius 1 is 1.50 bits per heavy atom. The molecule has 1 saturated carbocycles. The van der Waals surface area contributed by atoms with Crippen LogP contribution in [0.25, 0.3) is 0 Å². The molecule has 1 aromatic heterocycles. The molecule has 0 radical (unpaired) electrons. The first-order chi connectivity index (χ1) is 8.63. The number of nitrogens with one attached hydrogen (secondary N) is 1. The van der Waals surface area contributed by atoms with E-state index in [4.69, 9.17) is 5.73 Å². The summed E-state index contributed by atoms with van der Waals surface area (Å²) < 4.78 is 0. The van der Waals surface area contributed by atoms with Crippen LogP contribution >= 0.6 is 11.3 Å². The molecule has 4 nitrogen and oxygen atoms in total. The topological polar surface area (TPSA) is 68.0 Å². The Morgan fingerprint density at radius 3 is 2.83 bits per heavy atom. The van der Waals surface area contributed by atoms with Crippen LogP contribution in [0.1, 0.15) is 38.3 Å². The van der Waals surface area contributed by atoms with E-state index in [0.717, 1.165) is 18.2 Å². The minimum atomic E-state index is 0.0546. The molecular weight excluding hydrogens is 246 g/mol. The van der Waals surface area contributed by atoms with E-state index in [1.165, 1.54) is 37.0 Å². The van der Waals surface area contributed by atoms with Crippen molar-refractivity contribution >= 4 is 22.4 Å². The number of carbonyl (C=O) groups excluding carboxylic acids is 1. The van der Waals surface area contributed by atoms with Crippen LogP contribution in [0.2, 0.25) is 0 Å². The summed E-state index contributed by atoms with van der Waals surface area (Å²) in [5.74, 6) is 1.57. The first-order valence-corrected chi connectivity index (χ1v) is 7.48. The van der Waals surface area contributed by atoms with Crippen LogP contribution in [0.15, 0.2) is 5.38 Å². The quantitative estimate of drug-likeness (QED) is 0.879. The number of hydrogen-bond acceptors (Lipinski definition) is 4. The number of amides is 1. The number of aromatic nitrogens is 1. The average molecular weight is 267 g/mol. The Labute approximate surface area is 112 Å². The minimum Gasteiger partial charge on any atom is -0.375 e. The summed E-state index contributed by atoms with van der Waals surface area (Å²) in [6.07, 6.45) is 5.42. The van der Waals surface area contributed by atoms with Crippen LogP contribution in [0.5, 0.6) is 0 Å². The van der Waals surface area contributed by atoms with Gasteiger partial charge < -0.3 is 11.1 Å². The number of nitrogens with zero attached hydrogens (tertiary/aromatic N) is 1. The number of nitrogens with two attached hydrogens (primary N) is 1. The summed E-state index contributed by atoms with van der Waals surface area (Å²) in [6.45, 7) is 3.12. The molecule has 1 amide bonds. The molecule has 0 aromatic carbocycles. The van der Waals surface area contributed by atoms with Gasteiger partial charge in [0.1, 0.15) is 0 Å². The fourth-order valence-corrected chi connectivity index (χ4v) is 2.99. The summed E-state index contributed by atoms with van der Waals surface area (Å²) >= 11 is 1.38. The van der Waals surface area contributed by atoms with Crippen LogP contribution < -0.4 is 11.1 Å². The molecular formula is C13H21N3OS. The van der Waals surface area contributed by atoms with E-state index in [-0.39, 0.29) is 5.91 Å². The predicted octanol–water partition coefficient (Wildman–Crippen LogP) is 2.21. The van der Waals surface area contributed by atoms with E-state index in [0.29, 0.717) is 17.5 Å². The Morgan fingerprint density at radius 2 is 2.22 bits per heavy atom. The lowest BCUT2D eigenvalue weighted by atomic mass is 9.83. The molecule has 0 aliphatic heterocycles. The maximum Gasteiger partial charge on any atom is 0.226 e. The van der Waals surface area contributed by atoms with Gasteiger partial charge in [0.15, 0.2) is 5.13 Å². The molecule has 0 saturated heterocycles. The largest absolute Gasteiger partial charge is 0.375 e. The second kappa shape index (κ2) is 6.18. The van der Waals surface area contributed by atoms with Gasteiger partial charge in [-0.1, -0.05) is 19.8 Å². The molecule has 3 N–H and O–H groups in total. The molecule has 1 heterocycles. The molecule has 1 aliphatic rings. The second-order valence-electron chi connectivity index (χ2n) is 5.28. The van der Waals surface area contributed by atoms with Crippen molar-refractivity contribution in [1.29, 1.82) is 0 Å². The van der Waals surface area contributed by atoms with Gasteiger partial charge >= 0.3 is 0 Å². The number of rotatable bonds is 4. The van der Waals surface area contributed by atoms with Crippen molar-refractivity contribution < 1.29 is 4.79 Å². The van der Waals surface area contributed by atoms with Gasteiger partial charge in [-0.15, -0.1) is 11.3 Å². The monoisotopic (exact) mass is 267 g/mol. The van der Waals surface area contributed by atoms with Crippen LogP contribution in [0.3, 0.4) is 0 Å². The van der Waals surface area contributed by atoms with Crippen molar-refractivity contribution in [2.24, 2.45) is 11.8 Å². The third kappa shape index (κ3) is 3.98. The van der Waals surface area contributed by atoms with E-state index in [2.05, 4.69) is 17.2 Å². The average Bonchev–Trinajstić information content (AvgIpc) is 2.74. The SMILES string of the molecule is CC1CCC(CNC(=O)Cc2csc(N)n2)CC1. The van der Waals surface area contributed by atoms with Gasteiger partial charge in [0, 0.05) is 11.9 Å². The molecule has 5 heteroatoms. The summed E-state index contributed by atoms with van der Waals surface area (Å²) in [5.41, 5.74) is 6.30. The van der Waals surface area contributed by atoms with Gasteiger partial charge in [0.05, 0.1) is 12.1 Å². The lowest BCUT2D eigenvalue weighted by Crippen LogP contribution is -2.32. The fourth-order valence-electron chi connectivity index (χ4n) is 2.42. The number of thiazole rings is 1. The van der Waals surface area contributed by atoms with Gasteiger partial charge in [-0.25, -0.2) is 4.98 Å². The highest BCUT2D eigenvalue weighted by Gasteiger charge is 2.18. The van der Waals surface area contributed by atoms with Crippen LogP contribution in [-0.2, 0) is 11.2 Å². The van der Waals surface area contributed by atoms with E-state index in [1.807, 2.05) is 5.38 Å². The first kappa shape index (κ1) is 13.3. The van der Waals surface area contributed by atoms with Crippen molar-refractivity contribution in [2.45, 2.75) is 39.0 Å². The molecule has 1 fully saturated rings. The predicted molar refractivity (Wildman–Crippen MR) is 74.4 cm³/mol. The number of anilines is 1. The molecule has 0 unspecified atom stereocenters. The third-order valence-corrected chi connectivity index (χ3v) is 4.36. The van der Waals surface area contributed by atoms with Crippen molar-refractivity contribution in [3.05, 3.63) is 11.1 Å².